The van der Waals surface area contributed by atoms with E-state index in [-0.39, 0.29) is 10.6 Å². The standard InChI is InChI=1S/C10H15FN2O2S/c1-3-13(4-2)16(14,15)10-7-8(12)5-6-9(10)11/h5-7H,3-4,12H2,1-2H3. The van der Waals surface area contributed by atoms with Crippen LogP contribution in [0.2, 0.25) is 0 Å². The second-order valence-electron chi connectivity index (χ2n) is 3.28. The lowest BCUT2D eigenvalue weighted by molar-refractivity contribution is 0.440. The predicted molar refractivity (Wildman–Crippen MR) is 60.9 cm³/mol. The first-order chi connectivity index (χ1) is 7.43. The number of hydrogen-bond acceptors (Lipinski definition) is 3. The van der Waals surface area contributed by atoms with Gasteiger partial charge in [-0.2, -0.15) is 4.31 Å². The van der Waals surface area contributed by atoms with Crippen LogP contribution in [0.3, 0.4) is 0 Å². The summed E-state index contributed by atoms with van der Waals surface area (Å²) in [5, 5.41) is 0. The van der Waals surface area contributed by atoms with Crippen molar-refractivity contribution in [2.75, 3.05) is 18.8 Å². The molecule has 0 amide bonds. The van der Waals surface area contributed by atoms with Crippen LogP contribution in [-0.2, 0) is 10.0 Å². The lowest BCUT2D eigenvalue weighted by Crippen LogP contribution is -2.31. The van der Waals surface area contributed by atoms with Gasteiger partial charge in [-0.25, -0.2) is 12.8 Å². The third kappa shape index (κ3) is 2.33. The summed E-state index contributed by atoms with van der Waals surface area (Å²) in [5.41, 5.74) is 5.69. The molecule has 0 aliphatic heterocycles. The van der Waals surface area contributed by atoms with E-state index in [0.29, 0.717) is 13.1 Å². The van der Waals surface area contributed by atoms with Gasteiger partial charge in [-0.1, -0.05) is 13.8 Å². The van der Waals surface area contributed by atoms with E-state index in [1.807, 2.05) is 0 Å². The second-order valence-corrected chi connectivity index (χ2v) is 5.19. The van der Waals surface area contributed by atoms with Gasteiger partial charge in [-0.05, 0) is 18.2 Å². The minimum atomic E-state index is -3.78. The molecule has 1 aromatic rings. The molecular formula is C10H15FN2O2S. The second kappa shape index (κ2) is 4.80. The average molecular weight is 246 g/mol. The molecule has 2 N–H and O–H groups in total. The molecule has 90 valence electrons. The Morgan fingerprint density at radius 2 is 1.88 bits per heavy atom. The zero-order valence-corrected chi connectivity index (χ0v) is 10.1. The van der Waals surface area contributed by atoms with Gasteiger partial charge in [0, 0.05) is 18.8 Å². The highest BCUT2D eigenvalue weighted by Crippen LogP contribution is 2.21. The molecule has 0 saturated heterocycles. The van der Waals surface area contributed by atoms with Crippen molar-refractivity contribution in [3.05, 3.63) is 24.0 Å². The van der Waals surface area contributed by atoms with Gasteiger partial charge >= 0.3 is 0 Å². The number of nitrogens with two attached hydrogens (primary N) is 1. The highest BCUT2D eigenvalue weighted by atomic mass is 32.2. The van der Waals surface area contributed by atoms with Crippen molar-refractivity contribution < 1.29 is 12.8 Å². The molecule has 0 spiro atoms. The van der Waals surface area contributed by atoms with Gasteiger partial charge in [-0.15, -0.1) is 0 Å². The number of halogens is 1. The van der Waals surface area contributed by atoms with E-state index in [4.69, 9.17) is 5.73 Å². The van der Waals surface area contributed by atoms with Crippen LogP contribution < -0.4 is 5.73 Å². The van der Waals surface area contributed by atoms with Crippen molar-refractivity contribution in [1.29, 1.82) is 0 Å². The highest BCUT2D eigenvalue weighted by Gasteiger charge is 2.25. The molecule has 1 rings (SSSR count). The van der Waals surface area contributed by atoms with E-state index < -0.39 is 15.8 Å². The Bertz CT molecular complexity index is 470. The van der Waals surface area contributed by atoms with E-state index in [0.717, 1.165) is 12.1 Å². The van der Waals surface area contributed by atoms with Crippen LogP contribution in [0.15, 0.2) is 23.1 Å². The Morgan fingerprint density at radius 3 is 2.38 bits per heavy atom. The molecule has 16 heavy (non-hydrogen) atoms. The molecule has 0 radical (unpaired) electrons. The van der Waals surface area contributed by atoms with Crippen LogP contribution in [0.5, 0.6) is 0 Å². The minimum absolute atomic E-state index is 0.229. The zero-order chi connectivity index (χ0) is 12.3. The molecule has 1 aromatic carbocycles. The Labute approximate surface area is 94.9 Å². The van der Waals surface area contributed by atoms with E-state index in [1.165, 1.54) is 10.4 Å². The number of rotatable bonds is 4. The summed E-state index contributed by atoms with van der Waals surface area (Å²) in [6, 6.07) is 3.53. The molecule has 0 saturated carbocycles. The fraction of sp³-hybridized carbons (Fsp3) is 0.400. The zero-order valence-electron chi connectivity index (χ0n) is 9.27. The monoisotopic (exact) mass is 246 g/mol. The normalized spacial score (nSPS) is 12.0. The molecule has 0 aromatic heterocycles. The van der Waals surface area contributed by atoms with E-state index in [2.05, 4.69) is 0 Å². The van der Waals surface area contributed by atoms with Crippen LogP contribution in [-0.4, -0.2) is 25.8 Å². The first kappa shape index (κ1) is 12.9. The largest absolute Gasteiger partial charge is 0.399 e. The molecule has 6 heteroatoms. The van der Waals surface area contributed by atoms with Crippen LogP contribution >= 0.6 is 0 Å². The summed E-state index contributed by atoms with van der Waals surface area (Å²) in [7, 11) is -3.78. The smallest absolute Gasteiger partial charge is 0.246 e. The van der Waals surface area contributed by atoms with Crippen molar-refractivity contribution in [3.63, 3.8) is 0 Å². The number of hydrogen-bond donors (Lipinski definition) is 1. The van der Waals surface area contributed by atoms with Crippen molar-refractivity contribution >= 4 is 15.7 Å². The van der Waals surface area contributed by atoms with Gasteiger partial charge in [-0.3, -0.25) is 0 Å². The van der Waals surface area contributed by atoms with Crippen LogP contribution in [0.1, 0.15) is 13.8 Å². The van der Waals surface area contributed by atoms with Crippen LogP contribution in [0.4, 0.5) is 10.1 Å². The first-order valence-corrected chi connectivity index (χ1v) is 6.42. The number of nitrogen functional groups attached to an aromatic ring is 1. The van der Waals surface area contributed by atoms with Gasteiger partial charge in [0.15, 0.2) is 0 Å². The molecule has 0 bridgehead atoms. The van der Waals surface area contributed by atoms with Gasteiger partial charge in [0.2, 0.25) is 10.0 Å². The van der Waals surface area contributed by atoms with Crippen molar-refractivity contribution in [2.45, 2.75) is 18.7 Å². The first-order valence-electron chi connectivity index (χ1n) is 4.98. The Hall–Kier alpha value is -1.14. The number of sulfonamides is 1. The Balaban J connectivity index is 3.31. The Morgan fingerprint density at radius 1 is 1.31 bits per heavy atom. The summed E-state index contributed by atoms with van der Waals surface area (Å²) >= 11 is 0. The summed E-state index contributed by atoms with van der Waals surface area (Å²) in [6.45, 7) is 4.00. The summed E-state index contributed by atoms with van der Waals surface area (Å²) in [4.78, 5) is -0.365. The van der Waals surface area contributed by atoms with Crippen molar-refractivity contribution in [1.82, 2.24) is 4.31 Å². The molecule has 0 atom stereocenters. The highest BCUT2D eigenvalue weighted by molar-refractivity contribution is 7.89. The Kier molecular flexibility index (Phi) is 3.88. The summed E-state index contributed by atoms with van der Waals surface area (Å²) < 4.78 is 38.6. The van der Waals surface area contributed by atoms with Crippen molar-refractivity contribution in [3.8, 4) is 0 Å². The van der Waals surface area contributed by atoms with E-state index >= 15 is 0 Å². The topological polar surface area (TPSA) is 63.4 Å². The third-order valence-electron chi connectivity index (χ3n) is 2.28. The molecule has 4 nitrogen and oxygen atoms in total. The molecular weight excluding hydrogens is 231 g/mol. The predicted octanol–water partition coefficient (Wildman–Crippen LogP) is 1.44. The van der Waals surface area contributed by atoms with Gasteiger partial charge in [0.25, 0.3) is 0 Å². The SMILES string of the molecule is CCN(CC)S(=O)(=O)c1cc(N)ccc1F. The van der Waals surface area contributed by atoms with Gasteiger partial charge in [0.05, 0.1) is 0 Å². The van der Waals surface area contributed by atoms with E-state index in [9.17, 15) is 12.8 Å². The molecule has 0 heterocycles. The lowest BCUT2D eigenvalue weighted by Gasteiger charge is -2.18. The maximum absolute atomic E-state index is 13.4. The molecule has 0 aliphatic rings. The molecule has 0 unspecified atom stereocenters. The number of benzene rings is 1. The fourth-order valence-electron chi connectivity index (χ4n) is 1.42. The summed E-state index contributed by atoms with van der Waals surface area (Å²) in [6.07, 6.45) is 0. The maximum Gasteiger partial charge on any atom is 0.246 e. The fourth-order valence-corrected chi connectivity index (χ4v) is 2.98. The average Bonchev–Trinajstić information content (AvgIpc) is 2.23. The van der Waals surface area contributed by atoms with Gasteiger partial charge in [0.1, 0.15) is 10.7 Å². The molecule has 0 aliphatic carbocycles. The van der Waals surface area contributed by atoms with Crippen LogP contribution in [0, 0.1) is 5.82 Å². The van der Waals surface area contributed by atoms with E-state index in [1.54, 1.807) is 13.8 Å². The van der Waals surface area contributed by atoms with Crippen molar-refractivity contribution in [2.24, 2.45) is 0 Å². The third-order valence-corrected chi connectivity index (χ3v) is 4.34. The molecule has 0 fully saturated rings. The number of anilines is 1. The quantitative estimate of drug-likeness (QED) is 0.818. The van der Waals surface area contributed by atoms with Crippen LogP contribution in [0.25, 0.3) is 0 Å². The lowest BCUT2D eigenvalue weighted by atomic mass is 10.3. The maximum atomic E-state index is 13.4. The minimum Gasteiger partial charge on any atom is -0.399 e. The number of nitrogens with zero attached hydrogens (tertiary/aromatic N) is 1. The van der Waals surface area contributed by atoms with Gasteiger partial charge < -0.3 is 5.73 Å². The summed E-state index contributed by atoms with van der Waals surface area (Å²) in [5.74, 6) is -0.777.